The zero-order valence-corrected chi connectivity index (χ0v) is 22.9. The van der Waals surface area contributed by atoms with E-state index < -0.39 is 5.60 Å². The fourth-order valence-corrected chi connectivity index (χ4v) is 4.84. The molecule has 1 saturated heterocycles. The number of ether oxygens (including phenoxy) is 1. The van der Waals surface area contributed by atoms with Gasteiger partial charge in [-0.2, -0.15) is 0 Å². The molecule has 1 aliphatic carbocycles. The molecule has 2 unspecified atom stereocenters. The van der Waals surface area contributed by atoms with Crippen molar-refractivity contribution in [3.05, 3.63) is 35.9 Å². The van der Waals surface area contributed by atoms with E-state index in [9.17, 15) is 5.11 Å². The van der Waals surface area contributed by atoms with Crippen LogP contribution in [0.15, 0.2) is 35.3 Å². The number of halogens is 1. The molecule has 2 fully saturated rings. The van der Waals surface area contributed by atoms with Gasteiger partial charge in [-0.25, -0.2) is 0 Å². The summed E-state index contributed by atoms with van der Waals surface area (Å²) in [5.74, 6) is 0.773. The summed E-state index contributed by atoms with van der Waals surface area (Å²) in [7, 11) is 0. The number of nitrogens with one attached hydrogen (secondary N) is 3. The Balaban J connectivity index is 0.00000385. The summed E-state index contributed by atoms with van der Waals surface area (Å²) in [5.41, 5.74) is 0.505. The number of guanidine groups is 1. The van der Waals surface area contributed by atoms with E-state index in [2.05, 4.69) is 65.0 Å². The third-order valence-corrected chi connectivity index (χ3v) is 6.57. The standard InChI is InChI=1S/C25H43N5O2.HI/c1-4-26-23(27-18-24(3,31)20-30-14-16-32-17-15-30)28-19-25(12-8-9-13-25)29-21(2)22-10-6-5-7-11-22;/h5-7,10-11,21,29,31H,4,8-9,12-20H2,1-3H3,(H2,26,27,28);1H. The first-order chi connectivity index (χ1) is 15.4. The van der Waals surface area contributed by atoms with E-state index in [1.165, 1.54) is 18.4 Å². The monoisotopic (exact) mass is 573 g/mol. The topological polar surface area (TPSA) is 81.2 Å². The molecule has 188 valence electrons. The number of rotatable bonds is 10. The average molecular weight is 574 g/mol. The number of aliphatic hydroxyl groups is 1. The van der Waals surface area contributed by atoms with Gasteiger partial charge in [0.05, 0.1) is 25.4 Å². The normalized spacial score (nSPS) is 21.6. The molecule has 1 heterocycles. The van der Waals surface area contributed by atoms with E-state index in [4.69, 9.17) is 9.73 Å². The van der Waals surface area contributed by atoms with Crippen LogP contribution in [-0.2, 0) is 4.74 Å². The lowest BCUT2D eigenvalue weighted by Gasteiger charge is -2.35. The van der Waals surface area contributed by atoms with Gasteiger partial charge in [0.2, 0.25) is 0 Å². The SMILES string of the molecule is CCNC(=NCC(C)(O)CN1CCOCC1)NCC1(NC(C)c2ccccc2)CCCC1.I. The van der Waals surface area contributed by atoms with Crippen molar-refractivity contribution < 1.29 is 9.84 Å². The van der Waals surface area contributed by atoms with Crippen molar-refractivity contribution in [3.63, 3.8) is 0 Å². The Kier molecular flexibility index (Phi) is 11.9. The maximum absolute atomic E-state index is 10.9. The van der Waals surface area contributed by atoms with Crippen molar-refractivity contribution >= 4 is 29.9 Å². The molecule has 0 spiro atoms. The van der Waals surface area contributed by atoms with Gasteiger partial charge in [-0.3, -0.25) is 9.89 Å². The summed E-state index contributed by atoms with van der Waals surface area (Å²) in [5, 5.41) is 21.7. The summed E-state index contributed by atoms with van der Waals surface area (Å²) in [6.45, 7) is 12.0. The molecule has 3 rings (SSSR count). The molecule has 0 bridgehead atoms. The van der Waals surface area contributed by atoms with Crippen LogP contribution in [-0.4, -0.2) is 79.6 Å². The van der Waals surface area contributed by atoms with Gasteiger partial charge in [0.15, 0.2) is 5.96 Å². The van der Waals surface area contributed by atoms with Crippen LogP contribution < -0.4 is 16.0 Å². The van der Waals surface area contributed by atoms with E-state index in [-0.39, 0.29) is 29.5 Å². The van der Waals surface area contributed by atoms with Crippen molar-refractivity contribution in [1.82, 2.24) is 20.9 Å². The molecule has 2 atom stereocenters. The quantitative estimate of drug-likeness (QED) is 0.196. The zero-order chi connectivity index (χ0) is 22.9. The van der Waals surface area contributed by atoms with Gasteiger partial charge in [-0.15, -0.1) is 24.0 Å². The number of β-amino-alcohol motifs (C(OH)–C–C–N with tert-alkyl or cyclic N) is 1. The second-order valence-corrected chi connectivity index (χ2v) is 9.70. The Morgan fingerprint density at radius 1 is 1.18 bits per heavy atom. The largest absolute Gasteiger partial charge is 0.387 e. The molecule has 1 saturated carbocycles. The van der Waals surface area contributed by atoms with Crippen LogP contribution in [0.1, 0.15) is 58.1 Å². The van der Waals surface area contributed by atoms with Crippen LogP contribution in [0.4, 0.5) is 0 Å². The summed E-state index contributed by atoms with van der Waals surface area (Å²) in [6.07, 6.45) is 4.81. The lowest BCUT2D eigenvalue weighted by Crippen LogP contribution is -2.54. The van der Waals surface area contributed by atoms with Gasteiger partial charge in [-0.05, 0) is 39.2 Å². The molecule has 4 N–H and O–H groups in total. The maximum atomic E-state index is 10.9. The molecule has 1 aromatic carbocycles. The molecule has 7 nitrogen and oxygen atoms in total. The predicted octanol–water partition coefficient (Wildman–Crippen LogP) is 2.91. The van der Waals surface area contributed by atoms with Crippen LogP contribution in [0.3, 0.4) is 0 Å². The molecule has 0 radical (unpaired) electrons. The van der Waals surface area contributed by atoms with E-state index in [0.29, 0.717) is 19.1 Å². The Hall–Kier alpha value is -0.940. The minimum absolute atomic E-state index is 0. The van der Waals surface area contributed by atoms with Crippen LogP contribution >= 0.6 is 24.0 Å². The van der Waals surface area contributed by atoms with Crippen molar-refractivity contribution in [2.75, 3.05) is 52.5 Å². The van der Waals surface area contributed by atoms with Crippen LogP contribution in [0.5, 0.6) is 0 Å². The molecule has 1 aliphatic heterocycles. The first-order valence-corrected chi connectivity index (χ1v) is 12.3. The zero-order valence-electron chi connectivity index (χ0n) is 20.6. The highest BCUT2D eigenvalue weighted by Crippen LogP contribution is 2.31. The summed E-state index contributed by atoms with van der Waals surface area (Å²) in [6, 6.07) is 10.9. The number of benzene rings is 1. The van der Waals surface area contributed by atoms with E-state index in [1.807, 2.05) is 6.92 Å². The minimum Gasteiger partial charge on any atom is -0.387 e. The highest BCUT2D eigenvalue weighted by atomic mass is 127. The number of hydrogen-bond acceptors (Lipinski definition) is 5. The van der Waals surface area contributed by atoms with Gasteiger partial charge in [0.25, 0.3) is 0 Å². The fourth-order valence-electron chi connectivity index (χ4n) is 4.84. The lowest BCUT2D eigenvalue weighted by molar-refractivity contribution is -0.0180. The van der Waals surface area contributed by atoms with Crippen molar-refractivity contribution in [2.45, 2.75) is 63.6 Å². The number of nitrogens with zero attached hydrogens (tertiary/aromatic N) is 2. The van der Waals surface area contributed by atoms with Gasteiger partial charge < -0.3 is 25.8 Å². The van der Waals surface area contributed by atoms with Crippen molar-refractivity contribution in [2.24, 2.45) is 4.99 Å². The third-order valence-electron chi connectivity index (χ3n) is 6.57. The average Bonchev–Trinajstić information content (AvgIpc) is 3.25. The van der Waals surface area contributed by atoms with Gasteiger partial charge in [0.1, 0.15) is 0 Å². The van der Waals surface area contributed by atoms with Crippen molar-refractivity contribution in [3.8, 4) is 0 Å². The molecule has 2 aliphatic rings. The lowest BCUT2D eigenvalue weighted by atomic mass is 9.94. The molecule has 8 heteroatoms. The van der Waals surface area contributed by atoms with Gasteiger partial charge in [0, 0.05) is 44.3 Å². The Morgan fingerprint density at radius 3 is 2.48 bits per heavy atom. The van der Waals surface area contributed by atoms with E-state index in [1.54, 1.807) is 0 Å². The summed E-state index contributed by atoms with van der Waals surface area (Å²) in [4.78, 5) is 6.99. The fraction of sp³-hybridized carbons (Fsp3) is 0.720. The highest BCUT2D eigenvalue weighted by molar-refractivity contribution is 14.0. The maximum Gasteiger partial charge on any atom is 0.191 e. The van der Waals surface area contributed by atoms with Crippen LogP contribution in [0.25, 0.3) is 0 Å². The number of morpholine rings is 1. The smallest absolute Gasteiger partial charge is 0.191 e. The molecular weight excluding hydrogens is 529 g/mol. The first-order valence-electron chi connectivity index (χ1n) is 12.3. The predicted molar refractivity (Wildman–Crippen MR) is 146 cm³/mol. The summed E-state index contributed by atoms with van der Waals surface area (Å²) >= 11 is 0. The van der Waals surface area contributed by atoms with E-state index in [0.717, 1.165) is 58.2 Å². The second kappa shape index (κ2) is 13.8. The highest BCUT2D eigenvalue weighted by Gasteiger charge is 2.35. The van der Waals surface area contributed by atoms with Gasteiger partial charge in [-0.1, -0.05) is 43.2 Å². The molecular formula is C25H44IN5O2. The third kappa shape index (κ3) is 9.32. The Bertz CT molecular complexity index is 704. The molecule has 0 aromatic heterocycles. The molecule has 0 amide bonds. The Labute approximate surface area is 217 Å². The van der Waals surface area contributed by atoms with E-state index >= 15 is 0 Å². The number of aliphatic imine (C=N–C) groups is 1. The number of hydrogen-bond donors (Lipinski definition) is 4. The Morgan fingerprint density at radius 2 is 1.85 bits per heavy atom. The van der Waals surface area contributed by atoms with Crippen LogP contribution in [0.2, 0.25) is 0 Å². The second-order valence-electron chi connectivity index (χ2n) is 9.70. The molecule has 33 heavy (non-hydrogen) atoms. The van der Waals surface area contributed by atoms with Crippen LogP contribution in [0, 0.1) is 0 Å². The van der Waals surface area contributed by atoms with Crippen molar-refractivity contribution in [1.29, 1.82) is 0 Å². The van der Waals surface area contributed by atoms with Gasteiger partial charge >= 0.3 is 0 Å². The summed E-state index contributed by atoms with van der Waals surface area (Å²) < 4.78 is 5.41. The first kappa shape index (κ1) is 28.3. The minimum atomic E-state index is -0.870. The molecule has 1 aromatic rings.